The Morgan fingerprint density at radius 3 is 2.40 bits per heavy atom. The van der Waals surface area contributed by atoms with Crippen LogP contribution in [0.4, 0.5) is 5.69 Å². The lowest BCUT2D eigenvalue weighted by molar-refractivity contribution is 0.404. The van der Waals surface area contributed by atoms with E-state index in [1.807, 2.05) is 19.1 Å². The maximum atomic E-state index is 6.16. The molecule has 0 saturated carbocycles. The third-order valence-electron chi connectivity index (χ3n) is 3.37. The van der Waals surface area contributed by atoms with Crippen molar-refractivity contribution in [3.05, 3.63) is 23.8 Å². The highest BCUT2D eigenvalue weighted by atomic mass is 16.5. The Bertz CT molecular complexity index is 405. The van der Waals surface area contributed by atoms with Gasteiger partial charge in [0.2, 0.25) is 0 Å². The molecule has 0 aliphatic carbocycles. The maximum absolute atomic E-state index is 6.16. The summed E-state index contributed by atoms with van der Waals surface area (Å²) in [5.74, 6) is 0.878. The first-order valence-electron chi connectivity index (χ1n) is 7.33. The second-order valence-corrected chi connectivity index (χ2v) is 5.47. The molecule has 0 amide bonds. The van der Waals surface area contributed by atoms with Crippen molar-refractivity contribution in [3.8, 4) is 5.75 Å². The van der Waals surface area contributed by atoms with Gasteiger partial charge >= 0.3 is 0 Å². The highest BCUT2D eigenvalue weighted by Crippen LogP contribution is 2.33. The van der Waals surface area contributed by atoms with E-state index >= 15 is 0 Å². The van der Waals surface area contributed by atoms with E-state index in [0.717, 1.165) is 37.4 Å². The normalized spacial score (nSPS) is 12.6. The molecule has 1 atom stereocenters. The molecule has 114 valence electrons. The highest BCUT2D eigenvalue weighted by Gasteiger charge is 2.17. The van der Waals surface area contributed by atoms with Gasteiger partial charge in [-0.1, -0.05) is 13.0 Å². The number of hydrogen-bond donors (Lipinski definition) is 1. The minimum atomic E-state index is -0.0418. The van der Waals surface area contributed by atoms with E-state index in [1.165, 1.54) is 5.69 Å². The molecule has 0 fully saturated rings. The van der Waals surface area contributed by atoms with E-state index in [1.54, 1.807) is 7.11 Å². The molecule has 0 aromatic heterocycles. The molecule has 1 unspecified atom stereocenters. The lowest BCUT2D eigenvalue weighted by Crippen LogP contribution is -2.33. The molecule has 4 heteroatoms. The number of anilines is 1. The fraction of sp³-hybridized carbons (Fsp3) is 0.625. The quantitative estimate of drug-likeness (QED) is 0.794. The summed E-state index contributed by atoms with van der Waals surface area (Å²) in [4.78, 5) is 4.61. The van der Waals surface area contributed by atoms with Crippen molar-refractivity contribution in [3.63, 3.8) is 0 Å². The summed E-state index contributed by atoms with van der Waals surface area (Å²) in [5, 5.41) is 0. The minimum absolute atomic E-state index is 0.0418. The Morgan fingerprint density at radius 1 is 1.20 bits per heavy atom. The maximum Gasteiger partial charge on any atom is 0.125 e. The van der Waals surface area contributed by atoms with Gasteiger partial charge in [-0.05, 0) is 39.6 Å². The molecular weight excluding hydrogens is 250 g/mol. The average Bonchev–Trinajstić information content (AvgIpc) is 2.42. The van der Waals surface area contributed by atoms with Crippen molar-refractivity contribution in [2.45, 2.75) is 26.3 Å². The van der Waals surface area contributed by atoms with Crippen LogP contribution in [-0.4, -0.2) is 45.7 Å². The lowest BCUT2D eigenvalue weighted by atomic mass is 10.0. The fourth-order valence-corrected chi connectivity index (χ4v) is 2.39. The van der Waals surface area contributed by atoms with Crippen molar-refractivity contribution in [1.82, 2.24) is 4.90 Å². The molecule has 0 spiro atoms. The molecule has 1 rings (SSSR count). The van der Waals surface area contributed by atoms with Gasteiger partial charge in [0.15, 0.2) is 0 Å². The van der Waals surface area contributed by atoms with Crippen LogP contribution in [0.25, 0.3) is 0 Å². The van der Waals surface area contributed by atoms with Crippen molar-refractivity contribution >= 4 is 5.69 Å². The van der Waals surface area contributed by atoms with Gasteiger partial charge in [-0.25, -0.2) is 0 Å². The van der Waals surface area contributed by atoms with Gasteiger partial charge in [0, 0.05) is 36.9 Å². The number of hydrogen-bond acceptors (Lipinski definition) is 4. The molecule has 0 aliphatic heterocycles. The SMILES string of the molecule is CCCN(CCN(C)C)c1cccc(OC)c1C(C)N. The molecule has 1 aromatic carbocycles. The van der Waals surface area contributed by atoms with Crippen LogP contribution in [0.15, 0.2) is 18.2 Å². The van der Waals surface area contributed by atoms with Gasteiger partial charge in [0.05, 0.1) is 7.11 Å². The number of nitrogens with zero attached hydrogens (tertiary/aromatic N) is 2. The summed E-state index contributed by atoms with van der Waals surface area (Å²) < 4.78 is 5.48. The van der Waals surface area contributed by atoms with Crippen LogP contribution >= 0.6 is 0 Å². The van der Waals surface area contributed by atoms with E-state index in [-0.39, 0.29) is 6.04 Å². The van der Waals surface area contributed by atoms with Crippen LogP contribution < -0.4 is 15.4 Å². The summed E-state index contributed by atoms with van der Waals surface area (Å²) in [6.45, 7) is 7.26. The second kappa shape index (κ2) is 8.12. The van der Waals surface area contributed by atoms with Gasteiger partial charge in [-0.3, -0.25) is 0 Å². The van der Waals surface area contributed by atoms with E-state index in [2.05, 4.69) is 36.9 Å². The smallest absolute Gasteiger partial charge is 0.125 e. The molecule has 0 saturated heterocycles. The van der Waals surface area contributed by atoms with Crippen molar-refractivity contribution in [1.29, 1.82) is 0 Å². The monoisotopic (exact) mass is 279 g/mol. The van der Waals surface area contributed by atoms with Crippen molar-refractivity contribution in [2.24, 2.45) is 5.73 Å². The molecule has 0 heterocycles. The first kappa shape index (κ1) is 16.8. The highest BCUT2D eigenvalue weighted by molar-refractivity contribution is 5.60. The van der Waals surface area contributed by atoms with Crippen LogP contribution in [0.5, 0.6) is 5.75 Å². The molecule has 20 heavy (non-hydrogen) atoms. The Balaban J connectivity index is 3.11. The van der Waals surface area contributed by atoms with E-state index in [0.29, 0.717) is 0 Å². The predicted octanol–water partition coefficient (Wildman–Crippen LogP) is 2.49. The largest absolute Gasteiger partial charge is 0.496 e. The molecule has 0 aliphatic rings. The zero-order chi connectivity index (χ0) is 15.1. The van der Waals surface area contributed by atoms with E-state index in [9.17, 15) is 0 Å². The number of ether oxygens (including phenoxy) is 1. The fourth-order valence-electron chi connectivity index (χ4n) is 2.39. The summed E-state index contributed by atoms with van der Waals surface area (Å²) >= 11 is 0. The lowest BCUT2D eigenvalue weighted by Gasteiger charge is -2.30. The Labute approximate surface area is 123 Å². The molecule has 4 nitrogen and oxygen atoms in total. The third kappa shape index (κ3) is 4.39. The molecule has 2 N–H and O–H groups in total. The average molecular weight is 279 g/mol. The van der Waals surface area contributed by atoms with Gasteiger partial charge in [0.25, 0.3) is 0 Å². The summed E-state index contributed by atoms with van der Waals surface area (Å²) in [6, 6.07) is 6.13. The first-order valence-corrected chi connectivity index (χ1v) is 7.33. The molecule has 0 bridgehead atoms. The molecular formula is C16H29N3O. The first-order chi connectivity index (χ1) is 9.51. The summed E-state index contributed by atoms with van der Waals surface area (Å²) in [5.41, 5.74) is 8.46. The zero-order valence-electron chi connectivity index (χ0n) is 13.5. The molecule has 0 radical (unpaired) electrons. The second-order valence-electron chi connectivity index (χ2n) is 5.47. The van der Waals surface area contributed by atoms with E-state index in [4.69, 9.17) is 10.5 Å². The number of likely N-dealkylation sites (N-methyl/N-ethyl adjacent to an activating group) is 1. The molecule has 1 aromatic rings. The van der Waals surface area contributed by atoms with Crippen LogP contribution in [0.1, 0.15) is 31.9 Å². The van der Waals surface area contributed by atoms with Crippen LogP contribution in [0.3, 0.4) is 0 Å². The Hall–Kier alpha value is -1.26. The van der Waals surface area contributed by atoms with Crippen LogP contribution in [0.2, 0.25) is 0 Å². The number of rotatable bonds is 8. The van der Waals surface area contributed by atoms with Gasteiger partial charge < -0.3 is 20.3 Å². The van der Waals surface area contributed by atoms with Crippen molar-refractivity contribution in [2.75, 3.05) is 45.7 Å². The Kier molecular flexibility index (Phi) is 6.82. The standard InChI is InChI=1S/C16H29N3O/c1-6-10-19(12-11-18(3)4)14-8-7-9-15(20-5)16(14)13(2)17/h7-9,13H,6,10-12,17H2,1-5H3. The minimum Gasteiger partial charge on any atom is -0.496 e. The third-order valence-corrected chi connectivity index (χ3v) is 3.37. The zero-order valence-corrected chi connectivity index (χ0v) is 13.5. The Morgan fingerprint density at radius 2 is 1.90 bits per heavy atom. The summed E-state index contributed by atoms with van der Waals surface area (Å²) in [7, 11) is 5.90. The predicted molar refractivity (Wildman–Crippen MR) is 86.7 cm³/mol. The number of nitrogens with two attached hydrogens (primary N) is 1. The van der Waals surface area contributed by atoms with Gasteiger partial charge in [-0.2, -0.15) is 0 Å². The van der Waals surface area contributed by atoms with Gasteiger partial charge in [-0.15, -0.1) is 0 Å². The topological polar surface area (TPSA) is 41.7 Å². The summed E-state index contributed by atoms with van der Waals surface area (Å²) in [6.07, 6.45) is 1.11. The number of benzene rings is 1. The van der Waals surface area contributed by atoms with Crippen LogP contribution in [0, 0.1) is 0 Å². The number of methoxy groups -OCH3 is 1. The van der Waals surface area contributed by atoms with Crippen LogP contribution in [-0.2, 0) is 0 Å². The van der Waals surface area contributed by atoms with Crippen molar-refractivity contribution < 1.29 is 4.74 Å². The van der Waals surface area contributed by atoms with Gasteiger partial charge in [0.1, 0.15) is 5.75 Å². The van der Waals surface area contributed by atoms with E-state index < -0.39 is 0 Å².